The number of hydrogen-bond donors (Lipinski definition) is 1. The lowest BCUT2D eigenvalue weighted by Crippen LogP contribution is -1.97. The van der Waals surface area contributed by atoms with Crippen LogP contribution in [-0.4, -0.2) is 9.97 Å². The Morgan fingerprint density at radius 1 is 1.38 bits per heavy atom. The summed E-state index contributed by atoms with van der Waals surface area (Å²) in [5.41, 5.74) is 5.80. The van der Waals surface area contributed by atoms with Crippen LogP contribution in [0, 0.1) is 5.82 Å². The van der Waals surface area contributed by atoms with E-state index in [4.69, 9.17) is 22.1 Å². The van der Waals surface area contributed by atoms with Crippen LogP contribution >= 0.6 is 11.6 Å². The Bertz CT molecular complexity index is 521. The molecular formula is C10H7ClFN3O. The van der Waals surface area contributed by atoms with Crippen molar-refractivity contribution in [2.24, 2.45) is 0 Å². The molecule has 82 valence electrons. The van der Waals surface area contributed by atoms with Crippen molar-refractivity contribution < 1.29 is 9.13 Å². The lowest BCUT2D eigenvalue weighted by molar-refractivity contribution is 0.459. The van der Waals surface area contributed by atoms with E-state index in [2.05, 4.69) is 9.97 Å². The summed E-state index contributed by atoms with van der Waals surface area (Å²) in [4.78, 5) is 7.46. The topological polar surface area (TPSA) is 61.0 Å². The highest BCUT2D eigenvalue weighted by Crippen LogP contribution is 2.25. The first-order chi connectivity index (χ1) is 7.65. The van der Waals surface area contributed by atoms with Crippen LogP contribution in [0.4, 0.5) is 10.1 Å². The van der Waals surface area contributed by atoms with E-state index < -0.39 is 5.82 Å². The Kier molecular flexibility index (Phi) is 2.87. The molecule has 0 atom stereocenters. The van der Waals surface area contributed by atoms with Crippen LogP contribution in [0.1, 0.15) is 0 Å². The Hall–Kier alpha value is -1.88. The van der Waals surface area contributed by atoms with Crippen molar-refractivity contribution >= 4 is 17.3 Å². The van der Waals surface area contributed by atoms with Gasteiger partial charge in [0.2, 0.25) is 11.2 Å². The Labute approximate surface area is 95.9 Å². The molecule has 6 heteroatoms. The van der Waals surface area contributed by atoms with Gasteiger partial charge in [-0.2, -0.15) is 4.98 Å². The van der Waals surface area contributed by atoms with Crippen LogP contribution in [0.5, 0.6) is 11.6 Å². The number of anilines is 1. The van der Waals surface area contributed by atoms with Gasteiger partial charge in [-0.3, -0.25) is 0 Å². The van der Waals surface area contributed by atoms with Gasteiger partial charge in [-0.05, 0) is 23.7 Å². The fraction of sp³-hybridized carbons (Fsp3) is 0. The molecule has 0 amide bonds. The maximum Gasteiger partial charge on any atom is 0.247 e. The highest BCUT2D eigenvalue weighted by Gasteiger charge is 2.06. The van der Waals surface area contributed by atoms with E-state index in [0.29, 0.717) is 5.75 Å². The van der Waals surface area contributed by atoms with Crippen LogP contribution in [0.3, 0.4) is 0 Å². The number of benzene rings is 1. The smallest absolute Gasteiger partial charge is 0.247 e. The molecule has 0 radical (unpaired) electrons. The molecule has 0 aliphatic rings. The third kappa shape index (κ3) is 2.38. The maximum atomic E-state index is 12.9. The molecule has 2 rings (SSSR count). The molecule has 2 aromatic rings. The van der Waals surface area contributed by atoms with Gasteiger partial charge in [0, 0.05) is 6.07 Å². The zero-order valence-electron chi connectivity index (χ0n) is 8.02. The second-order valence-corrected chi connectivity index (χ2v) is 3.30. The summed E-state index contributed by atoms with van der Waals surface area (Å²) in [7, 11) is 0. The lowest BCUT2D eigenvalue weighted by Gasteiger charge is -2.06. The van der Waals surface area contributed by atoms with Crippen molar-refractivity contribution in [2.45, 2.75) is 0 Å². The minimum absolute atomic E-state index is 0.0144. The highest BCUT2D eigenvalue weighted by atomic mass is 35.5. The number of nitrogen functional groups attached to an aromatic ring is 1. The quantitative estimate of drug-likeness (QED) is 0.819. The molecule has 0 bridgehead atoms. The number of ether oxygens (including phenoxy) is 1. The molecule has 1 heterocycles. The van der Waals surface area contributed by atoms with Crippen molar-refractivity contribution in [3.8, 4) is 11.6 Å². The van der Waals surface area contributed by atoms with Crippen molar-refractivity contribution in [3.05, 3.63) is 41.6 Å². The number of nitrogens with zero attached hydrogens (tertiary/aromatic N) is 2. The van der Waals surface area contributed by atoms with Gasteiger partial charge >= 0.3 is 0 Å². The number of halogens is 2. The number of hydrogen-bond acceptors (Lipinski definition) is 4. The van der Waals surface area contributed by atoms with Crippen LogP contribution < -0.4 is 10.5 Å². The first-order valence-electron chi connectivity index (χ1n) is 4.36. The van der Waals surface area contributed by atoms with Crippen molar-refractivity contribution in [1.82, 2.24) is 9.97 Å². The molecule has 2 N–H and O–H groups in total. The monoisotopic (exact) mass is 239 g/mol. The standard InChI is InChI=1S/C10H7ClFN3O/c11-10-14-5-8(13)9(15-10)16-7-3-1-2-6(12)4-7/h1-5H,13H2. The third-order valence-electron chi connectivity index (χ3n) is 1.76. The predicted octanol–water partition coefficient (Wildman–Crippen LogP) is 2.64. The van der Waals surface area contributed by atoms with Gasteiger partial charge in [0.25, 0.3) is 0 Å². The molecule has 1 aromatic heterocycles. The summed E-state index contributed by atoms with van der Waals surface area (Å²) >= 11 is 5.58. The molecular weight excluding hydrogens is 233 g/mol. The number of rotatable bonds is 2. The normalized spacial score (nSPS) is 10.1. The Morgan fingerprint density at radius 2 is 2.19 bits per heavy atom. The van der Waals surface area contributed by atoms with Crippen molar-refractivity contribution in [1.29, 1.82) is 0 Å². The zero-order chi connectivity index (χ0) is 11.5. The van der Waals surface area contributed by atoms with Crippen molar-refractivity contribution in [3.63, 3.8) is 0 Å². The summed E-state index contributed by atoms with van der Waals surface area (Å²) in [5, 5.41) is 0.0144. The molecule has 0 aliphatic carbocycles. The average molecular weight is 240 g/mol. The third-order valence-corrected chi connectivity index (χ3v) is 1.94. The summed E-state index contributed by atoms with van der Waals surface area (Å²) < 4.78 is 18.1. The minimum atomic E-state index is -0.406. The van der Waals surface area contributed by atoms with E-state index in [1.165, 1.54) is 24.4 Å². The predicted molar refractivity (Wildman–Crippen MR) is 57.9 cm³/mol. The summed E-state index contributed by atoms with van der Waals surface area (Å²) in [6.07, 6.45) is 1.32. The van der Waals surface area contributed by atoms with Gasteiger partial charge in [-0.1, -0.05) is 6.07 Å². The SMILES string of the molecule is Nc1cnc(Cl)nc1Oc1cccc(F)c1. The molecule has 0 spiro atoms. The van der Waals surface area contributed by atoms with Gasteiger partial charge in [-0.15, -0.1) is 0 Å². The fourth-order valence-corrected chi connectivity index (χ4v) is 1.20. The van der Waals surface area contributed by atoms with E-state index in [-0.39, 0.29) is 16.9 Å². The minimum Gasteiger partial charge on any atom is -0.437 e. The van der Waals surface area contributed by atoms with Crippen LogP contribution in [0.25, 0.3) is 0 Å². The summed E-state index contributed by atoms with van der Waals surface area (Å²) in [6, 6.07) is 5.63. The molecule has 0 saturated carbocycles. The van der Waals surface area contributed by atoms with Crippen molar-refractivity contribution in [2.75, 3.05) is 5.73 Å². The first-order valence-corrected chi connectivity index (χ1v) is 4.74. The summed E-state index contributed by atoms with van der Waals surface area (Å²) in [5.74, 6) is -0.0108. The molecule has 0 unspecified atom stereocenters. The highest BCUT2D eigenvalue weighted by molar-refractivity contribution is 6.28. The Morgan fingerprint density at radius 3 is 2.94 bits per heavy atom. The van der Waals surface area contributed by atoms with Crippen LogP contribution in [0.15, 0.2) is 30.5 Å². The van der Waals surface area contributed by atoms with E-state index in [1.807, 2.05) is 0 Å². The molecule has 0 fully saturated rings. The van der Waals surface area contributed by atoms with E-state index in [9.17, 15) is 4.39 Å². The number of nitrogens with two attached hydrogens (primary N) is 1. The van der Waals surface area contributed by atoms with Gasteiger partial charge in [0.05, 0.1) is 6.20 Å². The van der Waals surface area contributed by atoms with E-state index >= 15 is 0 Å². The molecule has 0 aliphatic heterocycles. The molecule has 1 aromatic carbocycles. The molecule has 0 saturated heterocycles. The largest absolute Gasteiger partial charge is 0.437 e. The van der Waals surface area contributed by atoms with Gasteiger partial charge in [-0.25, -0.2) is 9.37 Å². The second-order valence-electron chi connectivity index (χ2n) is 2.96. The van der Waals surface area contributed by atoms with E-state index in [1.54, 1.807) is 6.07 Å². The molecule has 16 heavy (non-hydrogen) atoms. The first kappa shape index (κ1) is 10.6. The second kappa shape index (κ2) is 4.32. The van der Waals surface area contributed by atoms with Crippen LogP contribution in [-0.2, 0) is 0 Å². The van der Waals surface area contributed by atoms with Gasteiger partial charge in [0.15, 0.2) is 0 Å². The van der Waals surface area contributed by atoms with Crippen LogP contribution in [0.2, 0.25) is 5.28 Å². The summed E-state index contributed by atoms with van der Waals surface area (Å²) in [6.45, 7) is 0. The lowest BCUT2D eigenvalue weighted by atomic mass is 10.3. The van der Waals surface area contributed by atoms with E-state index in [0.717, 1.165) is 0 Å². The average Bonchev–Trinajstić information content (AvgIpc) is 2.24. The molecule has 4 nitrogen and oxygen atoms in total. The fourth-order valence-electron chi connectivity index (χ4n) is 1.08. The Balaban J connectivity index is 2.30. The van der Waals surface area contributed by atoms with Gasteiger partial charge < -0.3 is 10.5 Å². The zero-order valence-corrected chi connectivity index (χ0v) is 8.78. The van der Waals surface area contributed by atoms with Gasteiger partial charge in [0.1, 0.15) is 17.3 Å². The maximum absolute atomic E-state index is 12.9. The number of aromatic nitrogens is 2.